The zero-order chi connectivity index (χ0) is 13.9. The third kappa shape index (κ3) is 6.09. The number of ether oxygens (including phenoxy) is 1. The number of likely N-dealkylation sites (N-methyl/N-ethyl adjacent to an activating group) is 1. The molecule has 112 valence electrons. The van der Waals surface area contributed by atoms with Crippen molar-refractivity contribution in [2.75, 3.05) is 13.2 Å². The lowest BCUT2D eigenvalue weighted by molar-refractivity contribution is -0.0193. The van der Waals surface area contributed by atoms with Crippen molar-refractivity contribution in [2.45, 2.75) is 77.4 Å². The molecule has 0 saturated heterocycles. The minimum absolute atomic E-state index is 0.412. The fourth-order valence-electron chi connectivity index (χ4n) is 3.36. The molecule has 0 radical (unpaired) electrons. The Kier molecular flexibility index (Phi) is 9.19. The summed E-state index contributed by atoms with van der Waals surface area (Å²) in [6.07, 6.45) is 12.9. The van der Waals surface area contributed by atoms with Crippen LogP contribution in [0.2, 0.25) is 0 Å². The van der Waals surface area contributed by atoms with Crippen LogP contribution in [0.5, 0.6) is 0 Å². The van der Waals surface area contributed by atoms with E-state index in [0.29, 0.717) is 12.1 Å². The summed E-state index contributed by atoms with van der Waals surface area (Å²) in [5.41, 5.74) is 0. The molecule has 0 amide bonds. The van der Waals surface area contributed by atoms with Gasteiger partial charge in [-0.15, -0.1) is 6.58 Å². The summed E-state index contributed by atoms with van der Waals surface area (Å²) in [4.78, 5) is 0. The van der Waals surface area contributed by atoms with E-state index in [9.17, 15) is 0 Å². The summed E-state index contributed by atoms with van der Waals surface area (Å²) in [6.45, 7) is 10.0. The number of allylic oxidation sites excluding steroid dienone is 1. The Bertz CT molecular complexity index is 223. The predicted octanol–water partition coefficient (Wildman–Crippen LogP) is 4.31. The number of rotatable bonds is 10. The van der Waals surface area contributed by atoms with Gasteiger partial charge in [0.25, 0.3) is 0 Å². The average molecular weight is 267 g/mol. The Hall–Kier alpha value is -0.340. The fraction of sp³-hybridized carbons (Fsp3) is 0.882. The average Bonchev–Trinajstić information content (AvgIpc) is 2.45. The molecule has 2 heteroatoms. The molecule has 0 heterocycles. The lowest BCUT2D eigenvalue weighted by Gasteiger charge is -2.36. The quantitative estimate of drug-likeness (QED) is 0.470. The minimum Gasteiger partial charge on any atom is -0.377 e. The first-order valence-corrected chi connectivity index (χ1v) is 8.29. The van der Waals surface area contributed by atoms with Gasteiger partial charge in [0.2, 0.25) is 0 Å². The van der Waals surface area contributed by atoms with Crippen molar-refractivity contribution in [3.63, 3.8) is 0 Å². The van der Waals surface area contributed by atoms with E-state index < -0.39 is 0 Å². The second-order valence-corrected chi connectivity index (χ2v) is 5.70. The lowest BCUT2D eigenvalue weighted by atomic mass is 9.81. The maximum atomic E-state index is 6.14. The van der Waals surface area contributed by atoms with Gasteiger partial charge in [0, 0.05) is 12.6 Å². The Morgan fingerprint density at radius 1 is 1.26 bits per heavy atom. The molecule has 1 fully saturated rings. The van der Waals surface area contributed by atoms with Crippen LogP contribution in [0, 0.1) is 5.92 Å². The molecule has 1 N–H and O–H groups in total. The number of hydrogen-bond donors (Lipinski definition) is 1. The first-order valence-electron chi connectivity index (χ1n) is 8.29. The van der Waals surface area contributed by atoms with Crippen LogP contribution in [0.1, 0.15) is 65.2 Å². The molecule has 0 aliphatic heterocycles. The van der Waals surface area contributed by atoms with Crippen LogP contribution in [0.3, 0.4) is 0 Å². The van der Waals surface area contributed by atoms with Crippen LogP contribution in [0.4, 0.5) is 0 Å². The first kappa shape index (κ1) is 16.7. The second-order valence-electron chi connectivity index (χ2n) is 5.70. The van der Waals surface area contributed by atoms with Crippen molar-refractivity contribution in [3.05, 3.63) is 12.7 Å². The van der Waals surface area contributed by atoms with Gasteiger partial charge in [-0.25, -0.2) is 0 Å². The third-order valence-corrected chi connectivity index (χ3v) is 4.26. The SMILES string of the molecule is C=CCCCC(NCC)C(OCC)C1CCCCC1. The van der Waals surface area contributed by atoms with Gasteiger partial charge in [-0.1, -0.05) is 32.3 Å². The summed E-state index contributed by atoms with van der Waals surface area (Å²) >= 11 is 0. The Balaban J connectivity index is 2.57. The van der Waals surface area contributed by atoms with E-state index in [2.05, 4.69) is 25.7 Å². The molecule has 0 aromatic rings. The molecule has 0 bridgehead atoms. The van der Waals surface area contributed by atoms with Crippen molar-refractivity contribution < 1.29 is 4.74 Å². The highest BCUT2D eigenvalue weighted by Crippen LogP contribution is 2.30. The fourth-order valence-corrected chi connectivity index (χ4v) is 3.36. The van der Waals surface area contributed by atoms with Crippen molar-refractivity contribution in [1.29, 1.82) is 0 Å². The summed E-state index contributed by atoms with van der Waals surface area (Å²) < 4.78 is 6.14. The highest BCUT2D eigenvalue weighted by atomic mass is 16.5. The Morgan fingerprint density at radius 2 is 2.00 bits per heavy atom. The van der Waals surface area contributed by atoms with Crippen molar-refractivity contribution >= 4 is 0 Å². The van der Waals surface area contributed by atoms with Crippen LogP contribution in [0.15, 0.2) is 12.7 Å². The summed E-state index contributed by atoms with van der Waals surface area (Å²) in [5, 5.41) is 3.66. The molecule has 1 aliphatic carbocycles. The minimum atomic E-state index is 0.412. The van der Waals surface area contributed by atoms with Crippen LogP contribution in [-0.2, 0) is 4.74 Å². The molecule has 1 saturated carbocycles. The van der Waals surface area contributed by atoms with Crippen LogP contribution < -0.4 is 5.32 Å². The van der Waals surface area contributed by atoms with Gasteiger partial charge in [-0.3, -0.25) is 0 Å². The zero-order valence-electron chi connectivity index (χ0n) is 13.0. The number of nitrogens with one attached hydrogen (secondary N) is 1. The third-order valence-electron chi connectivity index (χ3n) is 4.26. The number of unbranched alkanes of at least 4 members (excludes halogenated alkanes) is 1. The molecular formula is C17H33NO. The summed E-state index contributed by atoms with van der Waals surface area (Å²) in [6, 6.07) is 0.521. The van der Waals surface area contributed by atoms with E-state index in [0.717, 1.165) is 25.5 Å². The standard InChI is InChI=1S/C17H33NO/c1-4-7-9-14-16(18-5-2)17(19-6-3)15-12-10-8-11-13-15/h4,15-18H,1,5-14H2,2-3H3. The normalized spacial score (nSPS) is 20.1. The topological polar surface area (TPSA) is 21.3 Å². The second kappa shape index (κ2) is 10.4. The van der Waals surface area contributed by atoms with Gasteiger partial charge in [0.05, 0.1) is 6.10 Å². The summed E-state index contributed by atoms with van der Waals surface area (Å²) in [7, 11) is 0. The van der Waals surface area contributed by atoms with Crippen LogP contribution in [0.25, 0.3) is 0 Å². The zero-order valence-corrected chi connectivity index (χ0v) is 13.0. The van der Waals surface area contributed by atoms with Gasteiger partial charge < -0.3 is 10.1 Å². The lowest BCUT2D eigenvalue weighted by Crippen LogP contribution is -2.46. The molecule has 2 nitrogen and oxygen atoms in total. The molecule has 2 unspecified atom stereocenters. The van der Waals surface area contributed by atoms with E-state index in [4.69, 9.17) is 4.74 Å². The highest BCUT2D eigenvalue weighted by Gasteiger charge is 2.30. The van der Waals surface area contributed by atoms with Crippen molar-refractivity contribution in [2.24, 2.45) is 5.92 Å². The first-order chi connectivity index (χ1) is 9.33. The predicted molar refractivity (Wildman–Crippen MR) is 83.5 cm³/mol. The van der Waals surface area contributed by atoms with Gasteiger partial charge >= 0.3 is 0 Å². The van der Waals surface area contributed by atoms with E-state index >= 15 is 0 Å². The Morgan fingerprint density at radius 3 is 2.58 bits per heavy atom. The molecule has 19 heavy (non-hydrogen) atoms. The van der Waals surface area contributed by atoms with Crippen molar-refractivity contribution in [3.8, 4) is 0 Å². The molecule has 1 aliphatic rings. The summed E-state index contributed by atoms with van der Waals surface area (Å²) in [5.74, 6) is 0.765. The number of hydrogen-bond acceptors (Lipinski definition) is 2. The molecular weight excluding hydrogens is 234 g/mol. The van der Waals surface area contributed by atoms with Gasteiger partial charge in [-0.2, -0.15) is 0 Å². The molecule has 0 aromatic carbocycles. The largest absolute Gasteiger partial charge is 0.377 e. The monoisotopic (exact) mass is 267 g/mol. The molecule has 2 atom stereocenters. The highest BCUT2D eigenvalue weighted by molar-refractivity contribution is 4.85. The molecule has 0 aromatic heterocycles. The van der Waals surface area contributed by atoms with E-state index in [1.807, 2.05) is 6.08 Å². The van der Waals surface area contributed by atoms with E-state index in [1.54, 1.807) is 0 Å². The molecule has 0 spiro atoms. The van der Waals surface area contributed by atoms with Crippen molar-refractivity contribution in [1.82, 2.24) is 5.32 Å². The molecule has 1 rings (SSSR count). The smallest absolute Gasteiger partial charge is 0.0755 e. The van der Waals surface area contributed by atoms with E-state index in [-0.39, 0.29) is 0 Å². The Labute approximate surface area is 120 Å². The van der Waals surface area contributed by atoms with Crippen LogP contribution >= 0.6 is 0 Å². The maximum absolute atomic E-state index is 6.14. The van der Waals surface area contributed by atoms with Crippen LogP contribution in [-0.4, -0.2) is 25.3 Å². The van der Waals surface area contributed by atoms with Gasteiger partial charge in [0.1, 0.15) is 0 Å². The van der Waals surface area contributed by atoms with Gasteiger partial charge in [0.15, 0.2) is 0 Å². The van der Waals surface area contributed by atoms with Gasteiger partial charge in [-0.05, 0) is 51.5 Å². The van der Waals surface area contributed by atoms with E-state index in [1.165, 1.54) is 44.9 Å². The maximum Gasteiger partial charge on any atom is 0.0755 e.